The van der Waals surface area contributed by atoms with Crippen LogP contribution in [0.4, 0.5) is 4.79 Å². The Bertz CT molecular complexity index is 352. The van der Waals surface area contributed by atoms with Crippen LogP contribution in [-0.4, -0.2) is 40.3 Å². The van der Waals surface area contributed by atoms with Gasteiger partial charge < -0.3 is 10.2 Å². The van der Waals surface area contributed by atoms with Crippen molar-refractivity contribution in [3.05, 3.63) is 35.9 Å². The highest BCUT2D eigenvalue weighted by molar-refractivity contribution is 5.79. The molecule has 5 nitrogen and oxygen atoms in total. The molecular weight excluding hydrogens is 210 g/mol. The highest BCUT2D eigenvalue weighted by Gasteiger charge is 2.22. The lowest BCUT2D eigenvalue weighted by atomic mass is 10.1. The highest BCUT2D eigenvalue weighted by atomic mass is 16.4. The van der Waals surface area contributed by atoms with Crippen molar-refractivity contribution < 1.29 is 19.8 Å². The first-order chi connectivity index (χ1) is 7.69. The van der Waals surface area contributed by atoms with Crippen molar-refractivity contribution in [2.24, 2.45) is 0 Å². The number of rotatable bonds is 5. The summed E-state index contributed by atoms with van der Waals surface area (Å²) in [5.41, 5.74) is 0.870. The van der Waals surface area contributed by atoms with Gasteiger partial charge in [0, 0.05) is 0 Å². The number of aliphatic hydroxyl groups is 1. The lowest BCUT2D eigenvalue weighted by molar-refractivity contribution is -0.118. The maximum atomic E-state index is 10.7. The summed E-state index contributed by atoms with van der Waals surface area (Å²) in [7, 11) is 0. The van der Waals surface area contributed by atoms with Crippen LogP contribution in [-0.2, 0) is 11.2 Å². The molecule has 0 heterocycles. The summed E-state index contributed by atoms with van der Waals surface area (Å²) < 4.78 is 0. The molecule has 1 aromatic carbocycles. The molecule has 1 aromatic rings. The molecule has 16 heavy (non-hydrogen) atoms. The first kappa shape index (κ1) is 12.2. The second-order valence-corrected chi connectivity index (χ2v) is 3.32. The summed E-state index contributed by atoms with van der Waals surface area (Å²) in [5.74, 6) is 0. The Kier molecular flexibility index (Phi) is 4.47. The van der Waals surface area contributed by atoms with E-state index in [0.717, 1.165) is 5.56 Å². The van der Waals surface area contributed by atoms with Crippen LogP contribution in [0.2, 0.25) is 0 Å². The van der Waals surface area contributed by atoms with E-state index in [1.54, 1.807) is 0 Å². The predicted molar refractivity (Wildman–Crippen MR) is 56.9 cm³/mol. The van der Waals surface area contributed by atoms with E-state index in [1.165, 1.54) is 0 Å². The van der Waals surface area contributed by atoms with Gasteiger partial charge >= 0.3 is 6.09 Å². The largest absolute Gasteiger partial charge is 0.465 e. The van der Waals surface area contributed by atoms with Crippen LogP contribution >= 0.6 is 0 Å². The van der Waals surface area contributed by atoms with E-state index >= 15 is 0 Å². The van der Waals surface area contributed by atoms with Crippen LogP contribution in [0, 0.1) is 0 Å². The number of aliphatic hydroxyl groups excluding tert-OH is 1. The van der Waals surface area contributed by atoms with Crippen LogP contribution in [0.25, 0.3) is 0 Å². The van der Waals surface area contributed by atoms with Gasteiger partial charge in [0.1, 0.15) is 0 Å². The lowest BCUT2D eigenvalue weighted by Gasteiger charge is -2.22. The quantitative estimate of drug-likeness (QED) is 0.721. The number of hydrogen-bond donors (Lipinski definition) is 2. The predicted octanol–water partition coefficient (Wildman–Crippen LogP) is 0.726. The van der Waals surface area contributed by atoms with Gasteiger partial charge in [0.15, 0.2) is 0 Å². The molecular formula is C11H13NO4. The monoisotopic (exact) mass is 223 g/mol. The molecule has 1 unspecified atom stereocenters. The summed E-state index contributed by atoms with van der Waals surface area (Å²) in [6.45, 7) is -0.389. The van der Waals surface area contributed by atoms with Crippen LogP contribution in [0.15, 0.2) is 30.3 Å². The second-order valence-electron chi connectivity index (χ2n) is 3.32. The third-order valence-electron chi connectivity index (χ3n) is 2.25. The van der Waals surface area contributed by atoms with Crippen molar-refractivity contribution in [2.75, 3.05) is 6.61 Å². The van der Waals surface area contributed by atoms with Gasteiger partial charge in [0.05, 0.1) is 12.6 Å². The van der Waals surface area contributed by atoms with Crippen molar-refractivity contribution >= 4 is 12.5 Å². The Labute approximate surface area is 92.9 Å². The van der Waals surface area contributed by atoms with E-state index in [0.29, 0.717) is 11.3 Å². The number of imide groups is 1. The first-order valence-corrected chi connectivity index (χ1v) is 4.80. The van der Waals surface area contributed by atoms with Gasteiger partial charge in [-0.25, -0.2) is 9.69 Å². The molecule has 86 valence electrons. The van der Waals surface area contributed by atoms with E-state index in [-0.39, 0.29) is 13.0 Å². The third-order valence-corrected chi connectivity index (χ3v) is 2.25. The van der Waals surface area contributed by atoms with E-state index in [1.807, 2.05) is 30.3 Å². The minimum Gasteiger partial charge on any atom is -0.465 e. The minimum atomic E-state index is -1.36. The van der Waals surface area contributed by atoms with Crippen LogP contribution in [0.3, 0.4) is 0 Å². The maximum Gasteiger partial charge on any atom is 0.414 e. The Hall–Kier alpha value is -1.88. The summed E-state index contributed by atoms with van der Waals surface area (Å²) in [4.78, 5) is 21.9. The molecule has 0 aliphatic carbocycles. The van der Waals surface area contributed by atoms with Gasteiger partial charge in [0.2, 0.25) is 6.41 Å². The van der Waals surface area contributed by atoms with Crippen LogP contribution in [0.5, 0.6) is 0 Å². The average molecular weight is 223 g/mol. The Morgan fingerprint density at radius 1 is 1.38 bits per heavy atom. The van der Waals surface area contributed by atoms with Crippen molar-refractivity contribution in [2.45, 2.75) is 12.5 Å². The summed E-state index contributed by atoms with van der Waals surface area (Å²) in [6, 6.07) is 8.36. The number of benzene rings is 1. The zero-order chi connectivity index (χ0) is 12.0. The first-order valence-electron chi connectivity index (χ1n) is 4.80. The molecule has 0 bridgehead atoms. The fourth-order valence-corrected chi connectivity index (χ4v) is 1.42. The molecule has 2 N–H and O–H groups in total. The van der Waals surface area contributed by atoms with E-state index in [9.17, 15) is 9.59 Å². The van der Waals surface area contributed by atoms with Crippen molar-refractivity contribution in [3.63, 3.8) is 0 Å². The molecule has 0 saturated heterocycles. The SMILES string of the molecule is O=CN(C(=O)O)C(CO)Cc1ccccc1. The second kappa shape index (κ2) is 5.87. The lowest BCUT2D eigenvalue weighted by Crippen LogP contribution is -2.42. The summed E-state index contributed by atoms with van der Waals surface area (Å²) in [5, 5.41) is 17.8. The molecule has 2 amide bonds. The molecule has 1 atom stereocenters. The van der Waals surface area contributed by atoms with Crippen LogP contribution < -0.4 is 0 Å². The normalized spacial score (nSPS) is 11.8. The number of amides is 2. The topological polar surface area (TPSA) is 77.8 Å². The van der Waals surface area contributed by atoms with Crippen molar-refractivity contribution in [3.8, 4) is 0 Å². The summed E-state index contributed by atoms with van der Waals surface area (Å²) >= 11 is 0. The molecule has 5 heteroatoms. The molecule has 0 fully saturated rings. The van der Waals surface area contributed by atoms with Gasteiger partial charge in [0.25, 0.3) is 0 Å². The molecule has 0 saturated carbocycles. The number of hydrogen-bond acceptors (Lipinski definition) is 3. The van der Waals surface area contributed by atoms with Gasteiger partial charge in [-0.15, -0.1) is 0 Å². The zero-order valence-corrected chi connectivity index (χ0v) is 8.61. The van der Waals surface area contributed by atoms with E-state index in [4.69, 9.17) is 10.2 Å². The number of nitrogens with zero attached hydrogens (tertiary/aromatic N) is 1. The van der Waals surface area contributed by atoms with Gasteiger partial charge in [-0.2, -0.15) is 0 Å². The number of carbonyl (C=O) groups excluding carboxylic acids is 1. The molecule has 0 radical (unpaired) electrons. The van der Waals surface area contributed by atoms with Gasteiger partial charge in [-0.05, 0) is 12.0 Å². The molecule has 1 rings (SSSR count). The minimum absolute atomic E-state index is 0.214. The van der Waals surface area contributed by atoms with E-state index in [2.05, 4.69) is 0 Å². The Morgan fingerprint density at radius 3 is 2.44 bits per heavy atom. The van der Waals surface area contributed by atoms with Gasteiger partial charge in [-0.1, -0.05) is 30.3 Å². The van der Waals surface area contributed by atoms with Crippen molar-refractivity contribution in [1.82, 2.24) is 4.90 Å². The fraction of sp³-hybridized carbons (Fsp3) is 0.273. The highest BCUT2D eigenvalue weighted by Crippen LogP contribution is 2.07. The zero-order valence-electron chi connectivity index (χ0n) is 8.61. The Morgan fingerprint density at radius 2 is 2.00 bits per heavy atom. The Balaban J connectivity index is 2.75. The molecule has 0 aromatic heterocycles. The van der Waals surface area contributed by atoms with E-state index < -0.39 is 12.1 Å². The molecule has 0 aliphatic heterocycles. The molecule has 0 aliphatic rings. The maximum absolute atomic E-state index is 10.7. The summed E-state index contributed by atoms with van der Waals surface area (Å²) in [6.07, 6.45) is -0.834. The number of carboxylic acid groups (broad SMARTS) is 1. The average Bonchev–Trinajstić information content (AvgIpc) is 2.29. The van der Waals surface area contributed by atoms with Crippen molar-refractivity contribution in [1.29, 1.82) is 0 Å². The smallest absolute Gasteiger partial charge is 0.414 e. The number of carbonyl (C=O) groups is 2. The van der Waals surface area contributed by atoms with Gasteiger partial charge in [-0.3, -0.25) is 4.79 Å². The standard InChI is InChI=1S/C11H13NO4/c13-7-10(12(8-14)11(15)16)6-9-4-2-1-3-5-9/h1-5,8,10,13H,6-7H2,(H,15,16). The molecule has 0 spiro atoms. The third kappa shape index (κ3) is 3.06. The van der Waals surface area contributed by atoms with Crippen LogP contribution in [0.1, 0.15) is 5.56 Å². The fourth-order valence-electron chi connectivity index (χ4n) is 1.42.